The number of benzene rings is 3. The molecule has 0 saturated carbocycles. The number of anilines is 1. The number of nitrogens with one attached hydrogen (secondary N) is 1. The molecule has 50 heavy (non-hydrogen) atoms. The average molecular weight is 677 g/mol. The van der Waals surface area contributed by atoms with Crippen LogP contribution in [0.25, 0.3) is 28.0 Å². The number of likely N-dealkylation sites (tertiary alicyclic amines) is 1. The summed E-state index contributed by atoms with van der Waals surface area (Å²) in [6.45, 7) is 3.37. The molecule has 11 heteroatoms. The Morgan fingerprint density at radius 2 is 1.48 bits per heavy atom. The first kappa shape index (κ1) is 32.1. The Morgan fingerprint density at radius 3 is 2.22 bits per heavy atom. The van der Waals surface area contributed by atoms with E-state index in [1.165, 1.54) is 6.07 Å². The number of fused-ring (bicyclic) bond motifs is 1. The summed E-state index contributed by atoms with van der Waals surface area (Å²) in [6.07, 6.45) is 6.22. The van der Waals surface area contributed by atoms with E-state index in [2.05, 4.69) is 25.3 Å². The lowest BCUT2D eigenvalue weighted by Crippen LogP contribution is -2.47. The van der Waals surface area contributed by atoms with Crippen molar-refractivity contribution in [3.05, 3.63) is 102 Å². The first-order chi connectivity index (χ1) is 24.3. The van der Waals surface area contributed by atoms with Crippen molar-refractivity contribution in [2.75, 3.05) is 31.1 Å². The van der Waals surface area contributed by atoms with E-state index in [1.54, 1.807) is 47.2 Å². The van der Waals surface area contributed by atoms with Gasteiger partial charge in [0, 0.05) is 37.3 Å². The third-order valence-corrected chi connectivity index (χ3v) is 10.8. The van der Waals surface area contributed by atoms with Crippen LogP contribution in [0.1, 0.15) is 61.5 Å². The second-order valence-corrected chi connectivity index (χ2v) is 13.7. The largest absolute Gasteiger partial charge is 0.507 e. The fourth-order valence-electron chi connectivity index (χ4n) is 8.01. The fraction of sp³-hybridized carbons (Fsp3) is 0.333. The predicted octanol–water partition coefficient (Wildman–Crippen LogP) is 6.44. The zero-order valence-corrected chi connectivity index (χ0v) is 27.6. The van der Waals surface area contributed by atoms with Crippen molar-refractivity contribution in [2.24, 2.45) is 0 Å². The number of hydrogen-bond acceptors (Lipinski definition) is 7. The van der Waals surface area contributed by atoms with Crippen LogP contribution in [0.15, 0.2) is 79.0 Å². The van der Waals surface area contributed by atoms with Crippen molar-refractivity contribution in [3.8, 4) is 22.7 Å². The second-order valence-electron chi connectivity index (χ2n) is 13.7. The van der Waals surface area contributed by atoms with Crippen molar-refractivity contribution >= 4 is 28.5 Å². The minimum atomic E-state index is -0.500. The van der Waals surface area contributed by atoms with E-state index in [4.69, 9.17) is 0 Å². The van der Waals surface area contributed by atoms with E-state index in [9.17, 15) is 14.7 Å². The molecule has 5 heterocycles. The molecule has 9 nitrogen and oxygen atoms in total. The van der Waals surface area contributed by atoms with Gasteiger partial charge in [-0.25, -0.2) is 8.78 Å². The molecule has 8 rings (SSSR count). The Labute approximate surface area is 288 Å². The highest BCUT2D eigenvalue weighted by atomic mass is 19.1. The lowest BCUT2D eigenvalue weighted by molar-refractivity contribution is -0.134. The number of aromatic hydroxyl groups is 1. The Kier molecular flexibility index (Phi) is 8.52. The summed E-state index contributed by atoms with van der Waals surface area (Å²) in [5, 5.41) is 21.2. The van der Waals surface area contributed by atoms with Crippen molar-refractivity contribution in [2.45, 2.75) is 56.4 Å². The minimum absolute atomic E-state index is 0.109. The van der Waals surface area contributed by atoms with Crippen LogP contribution in [0.3, 0.4) is 0 Å². The van der Waals surface area contributed by atoms with Crippen LogP contribution in [-0.2, 0) is 9.59 Å². The van der Waals surface area contributed by atoms with Gasteiger partial charge in [-0.05, 0) is 111 Å². The van der Waals surface area contributed by atoms with E-state index < -0.39 is 5.92 Å². The molecule has 256 valence electrons. The molecule has 5 aromatic rings. The van der Waals surface area contributed by atoms with Gasteiger partial charge in [0.2, 0.25) is 11.8 Å². The average Bonchev–Trinajstić information content (AvgIpc) is 3.55. The fourth-order valence-corrected chi connectivity index (χ4v) is 8.01. The number of phenols is 1. The molecular formula is C39H38F2N6O3. The number of carbonyl (C=O) groups is 2. The minimum Gasteiger partial charge on any atom is -0.507 e. The first-order valence-electron chi connectivity index (χ1n) is 17.4. The highest BCUT2D eigenvalue weighted by Crippen LogP contribution is 2.35. The van der Waals surface area contributed by atoms with Crippen molar-refractivity contribution in [1.82, 2.24) is 25.0 Å². The smallest absolute Gasteiger partial charge is 0.234 e. The number of rotatable bonds is 6. The number of aromatic nitrogens is 3. The van der Waals surface area contributed by atoms with Crippen LogP contribution in [0.2, 0.25) is 0 Å². The van der Waals surface area contributed by atoms with Gasteiger partial charge in [0.1, 0.15) is 22.9 Å². The monoisotopic (exact) mass is 676 g/mol. The van der Waals surface area contributed by atoms with E-state index >= 15 is 8.78 Å². The number of para-hydroxylation sites is 1. The summed E-state index contributed by atoms with van der Waals surface area (Å²) in [5.41, 5.74) is 5.02. The number of carbonyl (C=O) groups excluding carboxylic acids is 2. The zero-order chi connectivity index (χ0) is 34.4. The molecule has 1 unspecified atom stereocenters. The van der Waals surface area contributed by atoms with E-state index in [1.807, 2.05) is 30.3 Å². The molecule has 0 bridgehead atoms. The number of piperidine rings is 3. The molecule has 0 aliphatic carbocycles. The SMILES string of the molecule is O=C1CCC(c2ccc(N3CCC(N4CCC(c5ccc(-n6ccc7nnc(-c8ccccc8O)cc76)c(F)c5)CC4)CC3)c(F)c2)C(=O)N1. The molecule has 2 N–H and O–H groups in total. The lowest BCUT2D eigenvalue weighted by Gasteiger charge is -2.42. The molecule has 3 saturated heterocycles. The van der Waals surface area contributed by atoms with Crippen molar-refractivity contribution in [3.63, 3.8) is 0 Å². The molecule has 2 aromatic heterocycles. The number of halogens is 2. The lowest BCUT2D eigenvalue weighted by atomic mass is 9.87. The summed E-state index contributed by atoms with van der Waals surface area (Å²) < 4.78 is 32.8. The van der Waals surface area contributed by atoms with Gasteiger partial charge in [0.05, 0.1) is 28.5 Å². The topological polar surface area (TPSA) is 104 Å². The summed E-state index contributed by atoms with van der Waals surface area (Å²) in [7, 11) is 0. The van der Waals surface area contributed by atoms with Crippen LogP contribution in [0.4, 0.5) is 14.5 Å². The van der Waals surface area contributed by atoms with Gasteiger partial charge in [-0.15, -0.1) is 10.2 Å². The summed E-state index contributed by atoms with van der Waals surface area (Å²) >= 11 is 0. The molecule has 0 spiro atoms. The quantitative estimate of drug-likeness (QED) is 0.200. The van der Waals surface area contributed by atoms with Gasteiger partial charge in [0.25, 0.3) is 0 Å². The van der Waals surface area contributed by atoms with E-state index in [-0.39, 0.29) is 41.5 Å². The maximum atomic E-state index is 15.7. The highest BCUT2D eigenvalue weighted by molar-refractivity contribution is 6.01. The maximum absolute atomic E-state index is 15.7. The number of amides is 2. The van der Waals surface area contributed by atoms with Gasteiger partial charge in [0.15, 0.2) is 0 Å². The van der Waals surface area contributed by atoms with Crippen LogP contribution in [0.5, 0.6) is 5.75 Å². The van der Waals surface area contributed by atoms with Crippen LogP contribution >= 0.6 is 0 Å². The molecule has 2 amide bonds. The normalized spacial score (nSPS) is 19.6. The summed E-state index contributed by atoms with van der Waals surface area (Å²) in [5.74, 6) is -1.39. The Hall–Kier alpha value is -5.16. The van der Waals surface area contributed by atoms with Crippen LogP contribution in [0, 0.1) is 11.6 Å². The van der Waals surface area contributed by atoms with E-state index in [0.717, 1.165) is 57.4 Å². The number of nitrogens with zero attached hydrogens (tertiary/aromatic N) is 5. The van der Waals surface area contributed by atoms with Crippen molar-refractivity contribution in [1.29, 1.82) is 0 Å². The number of hydrogen-bond donors (Lipinski definition) is 2. The highest BCUT2D eigenvalue weighted by Gasteiger charge is 2.32. The molecule has 3 aromatic carbocycles. The Morgan fingerprint density at radius 1 is 0.760 bits per heavy atom. The van der Waals surface area contributed by atoms with Crippen molar-refractivity contribution < 1.29 is 23.5 Å². The van der Waals surface area contributed by atoms with E-state index in [0.29, 0.717) is 51.7 Å². The molecule has 3 fully saturated rings. The van der Waals surface area contributed by atoms with Gasteiger partial charge in [-0.1, -0.05) is 24.3 Å². The van der Waals surface area contributed by atoms with Gasteiger partial charge < -0.3 is 19.5 Å². The van der Waals surface area contributed by atoms with Crippen LogP contribution in [-0.4, -0.2) is 68.8 Å². The van der Waals surface area contributed by atoms with Gasteiger partial charge in [-0.3, -0.25) is 14.9 Å². The summed E-state index contributed by atoms with van der Waals surface area (Å²) in [4.78, 5) is 28.4. The Bertz CT molecular complexity index is 2080. The molecular weight excluding hydrogens is 638 g/mol. The maximum Gasteiger partial charge on any atom is 0.234 e. The third-order valence-electron chi connectivity index (χ3n) is 10.8. The zero-order valence-electron chi connectivity index (χ0n) is 27.6. The molecule has 1 atom stereocenters. The van der Waals surface area contributed by atoms with Gasteiger partial charge in [-0.2, -0.15) is 0 Å². The van der Waals surface area contributed by atoms with Crippen LogP contribution < -0.4 is 10.2 Å². The summed E-state index contributed by atoms with van der Waals surface area (Å²) in [6, 6.07) is 21.6. The third kappa shape index (κ3) is 6.10. The molecule has 3 aliphatic heterocycles. The molecule has 0 radical (unpaired) electrons. The molecule has 3 aliphatic rings. The van der Waals surface area contributed by atoms with Gasteiger partial charge >= 0.3 is 0 Å². The predicted molar refractivity (Wildman–Crippen MR) is 186 cm³/mol. The number of imide groups is 1. The Balaban J connectivity index is 0.882. The first-order valence-corrected chi connectivity index (χ1v) is 17.4. The standard InChI is InChI=1S/C39H38F2N6O3/c40-30-22-26(28-7-10-38(49)42-39(28)50)6-8-34(30)46-18-13-27(14-19-46)45-16-11-24(12-17-45)25-5-9-35(31(41)21-25)47-20-15-32-36(47)23-33(44-43-32)29-3-1-2-4-37(29)48/h1-6,8-9,15,20-24,27-28,48H,7,10-14,16-19H2,(H,42,49,50). The number of phenolic OH excluding ortho intramolecular Hbond substituents is 1. The second kappa shape index (κ2) is 13.3.